The van der Waals surface area contributed by atoms with Crippen LogP contribution in [0.4, 0.5) is 28.0 Å². The first kappa shape index (κ1) is 26.6. The van der Waals surface area contributed by atoms with E-state index in [2.05, 4.69) is 4.98 Å². The third-order valence-electron chi connectivity index (χ3n) is 6.45. The molecule has 0 aliphatic carbocycles. The van der Waals surface area contributed by atoms with E-state index < -0.39 is 29.4 Å². The van der Waals surface area contributed by atoms with Gasteiger partial charge in [-0.3, -0.25) is 14.7 Å². The number of anilines is 1. The molecule has 0 unspecified atom stereocenters. The zero-order valence-electron chi connectivity index (χ0n) is 20.8. The van der Waals surface area contributed by atoms with Crippen molar-refractivity contribution in [2.24, 2.45) is 5.73 Å². The predicted molar refractivity (Wildman–Crippen MR) is 144 cm³/mol. The molecule has 5 aromatic rings. The lowest BCUT2D eigenvalue weighted by Crippen LogP contribution is -2.35. The summed E-state index contributed by atoms with van der Waals surface area (Å²) in [7, 11) is 0. The summed E-state index contributed by atoms with van der Waals surface area (Å²) < 4.78 is 56.1. The van der Waals surface area contributed by atoms with Crippen LogP contribution in [0.3, 0.4) is 0 Å². The minimum atomic E-state index is -4.67. The number of hydrogen-bond donors (Lipinski definition) is 1. The second-order valence-corrected chi connectivity index (χ2v) is 9.02. The smallest absolute Gasteiger partial charge is 0.351 e. The Morgan fingerprint density at radius 2 is 1.55 bits per heavy atom. The molecule has 4 aromatic carbocycles. The summed E-state index contributed by atoms with van der Waals surface area (Å²) in [5, 5.41) is 0.134. The maximum Gasteiger partial charge on any atom is 0.418 e. The molecular weight excluding hydrogens is 522 g/mol. The second kappa shape index (κ2) is 10.6. The number of halogens is 4. The summed E-state index contributed by atoms with van der Waals surface area (Å²) in [6, 6.07) is 23.4. The lowest BCUT2D eigenvalue weighted by molar-refractivity contribution is -0.136. The van der Waals surface area contributed by atoms with Crippen LogP contribution < -0.4 is 10.6 Å². The molecule has 2 amide bonds. The lowest BCUT2D eigenvalue weighted by Gasteiger charge is -2.22. The third kappa shape index (κ3) is 5.13. The molecule has 0 spiro atoms. The fraction of sp³-hybridized carbons (Fsp3) is 0.0645. The van der Waals surface area contributed by atoms with Gasteiger partial charge >= 0.3 is 12.2 Å². The Morgan fingerprint density at radius 1 is 0.850 bits per heavy atom. The quantitative estimate of drug-likeness (QED) is 0.179. The second-order valence-electron chi connectivity index (χ2n) is 9.02. The number of benzene rings is 4. The van der Waals surface area contributed by atoms with Crippen LogP contribution >= 0.6 is 0 Å². The van der Waals surface area contributed by atoms with Crippen molar-refractivity contribution in [3.63, 3.8) is 0 Å². The zero-order valence-corrected chi connectivity index (χ0v) is 20.8. The predicted octanol–water partition coefficient (Wildman–Crippen LogP) is 7.38. The molecule has 1 heterocycles. The van der Waals surface area contributed by atoms with Crippen molar-refractivity contribution < 1.29 is 27.2 Å². The van der Waals surface area contributed by atoms with Gasteiger partial charge in [-0.15, -0.1) is 0 Å². The van der Waals surface area contributed by atoms with Crippen molar-refractivity contribution in [1.82, 2.24) is 4.98 Å². The van der Waals surface area contributed by atoms with Gasteiger partial charge in [0.2, 0.25) is 0 Å². The van der Waals surface area contributed by atoms with Gasteiger partial charge in [0.1, 0.15) is 5.82 Å². The number of fused-ring (bicyclic) bond motifs is 1. The van der Waals surface area contributed by atoms with E-state index in [1.165, 1.54) is 30.3 Å². The van der Waals surface area contributed by atoms with Crippen LogP contribution in [-0.2, 0) is 12.7 Å². The first-order valence-corrected chi connectivity index (χ1v) is 12.1. The largest absolute Gasteiger partial charge is 0.418 e. The Morgan fingerprint density at radius 3 is 2.25 bits per heavy atom. The van der Waals surface area contributed by atoms with Gasteiger partial charge < -0.3 is 5.73 Å². The fourth-order valence-electron chi connectivity index (χ4n) is 4.64. The van der Waals surface area contributed by atoms with Gasteiger partial charge in [-0.25, -0.2) is 9.18 Å². The number of para-hydroxylation sites is 2. The molecule has 0 fully saturated rings. The molecule has 200 valence electrons. The average molecular weight is 544 g/mol. The molecule has 40 heavy (non-hydrogen) atoms. The number of alkyl halides is 3. The number of nitrogens with zero attached hydrogens (tertiary/aromatic N) is 2. The number of amides is 2. The molecule has 0 saturated heterocycles. The molecule has 0 bridgehead atoms. The number of carbonyl (C=O) groups is 2. The maximum absolute atomic E-state index is 14.5. The van der Waals surface area contributed by atoms with Crippen molar-refractivity contribution in [2.75, 3.05) is 4.90 Å². The van der Waals surface area contributed by atoms with E-state index in [0.717, 1.165) is 17.2 Å². The highest BCUT2D eigenvalue weighted by Crippen LogP contribution is 2.39. The Balaban J connectivity index is 1.69. The zero-order chi connectivity index (χ0) is 28.4. The SMILES string of the molecule is NC(=O)N(Cc1cccc(-c2c(C(=O)c3ccccc3)cnc3c(C(F)(F)F)cccc23)c1)c1ccccc1F. The van der Waals surface area contributed by atoms with Gasteiger partial charge in [0, 0.05) is 28.3 Å². The summed E-state index contributed by atoms with van der Waals surface area (Å²) in [5.74, 6) is -1.06. The molecule has 9 heteroatoms. The van der Waals surface area contributed by atoms with Gasteiger partial charge in [-0.2, -0.15) is 13.2 Å². The molecule has 0 aliphatic heterocycles. The summed E-state index contributed by atoms with van der Waals surface area (Å²) in [6.45, 7) is -0.122. The number of hydrogen-bond acceptors (Lipinski definition) is 3. The maximum atomic E-state index is 14.5. The number of nitrogens with two attached hydrogens (primary N) is 1. The highest BCUT2D eigenvalue weighted by atomic mass is 19.4. The van der Waals surface area contributed by atoms with Crippen LogP contribution in [0.2, 0.25) is 0 Å². The minimum absolute atomic E-state index is 0.0236. The van der Waals surface area contributed by atoms with Gasteiger partial charge in [0.25, 0.3) is 0 Å². The molecule has 5 nitrogen and oxygen atoms in total. The summed E-state index contributed by atoms with van der Waals surface area (Å²) in [5.41, 5.74) is 5.93. The van der Waals surface area contributed by atoms with Crippen LogP contribution in [0, 0.1) is 5.82 Å². The number of primary amides is 1. The van der Waals surface area contributed by atoms with Crippen molar-refractivity contribution in [3.05, 3.63) is 131 Å². The van der Waals surface area contributed by atoms with Gasteiger partial charge in [0.15, 0.2) is 5.78 Å². The third-order valence-corrected chi connectivity index (χ3v) is 6.45. The number of rotatable bonds is 6. The van der Waals surface area contributed by atoms with Crippen molar-refractivity contribution in [2.45, 2.75) is 12.7 Å². The minimum Gasteiger partial charge on any atom is -0.351 e. The first-order chi connectivity index (χ1) is 19.1. The molecule has 5 rings (SSSR count). The number of carbonyl (C=O) groups excluding carboxylic acids is 2. The van der Waals surface area contributed by atoms with E-state index >= 15 is 0 Å². The number of urea groups is 1. The van der Waals surface area contributed by atoms with E-state index in [1.807, 2.05) is 0 Å². The Labute approximate surface area is 226 Å². The van der Waals surface area contributed by atoms with Crippen LogP contribution in [0.5, 0.6) is 0 Å². The molecule has 0 radical (unpaired) electrons. The normalized spacial score (nSPS) is 11.4. The molecular formula is C31H21F4N3O2. The first-order valence-electron chi connectivity index (χ1n) is 12.1. The summed E-state index contributed by atoms with van der Waals surface area (Å²) in [6.07, 6.45) is -3.51. The summed E-state index contributed by atoms with van der Waals surface area (Å²) in [4.78, 5) is 30.9. The highest BCUT2D eigenvalue weighted by molar-refractivity contribution is 6.16. The van der Waals surface area contributed by atoms with Crippen LogP contribution in [0.25, 0.3) is 22.0 Å². The van der Waals surface area contributed by atoms with E-state index in [1.54, 1.807) is 60.7 Å². The van der Waals surface area contributed by atoms with Crippen LogP contribution in [0.15, 0.2) is 103 Å². The highest BCUT2D eigenvalue weighted by Gasteiger charge is 2.34. The van der Waals surface area contributed by atoms with Gasteiger partial charge in [0.05, 0.1) is 23.3 Å². The molecule has 0 aliphatic rings. The fourth-order valence-corrected chi connectivity index (χ4v) is 4.64. The van der Waals surface area contributed by atoms with Crippen molar-refractivity contribution >= 4 is 28.4 Å². The number of aromatic nitrogens is 1. The van der Waals surface area contributed by atoms with Gasteiger partial charge in [-0.05, 0) is 35.4 Å². The molecule has 0 atom stereocenters. The van der Waals surface area contributed by atoms with Crippen LogP contribution in [0.1, 0.15) is 27.0 Å². The topological polar surface area (TPSA) is 76.3 Å². The van der Waals surface area contributed by atoms with Crippen LogP contribution in [-0.4, -0.2) is 16.8 Å². The number of pyridine rings is 1. The molecule has 1 aromatic heterocycles. The van der Waals surface area contributed by atoms with E-state index in [0.29, 0.717) is 16.7 Å². The van der Waals surface area contributed by atoms with E-state index in [-0.39, 0.29) is 34.3 Å². The Bertz CT molecular complexity index is 1740. The van der Waals surface area contributed by atoms with Gasteiger partial charge in [-0.1, -0.05) is 72.8 Å². The van der Waals surface area contributed by atoms with Crippen molar-refractivity contribution in [1.29, 1.82) is 0 Å². The van der Waals surface area contributed by atoms with E-state index in [4.69, 9.17) is 5.73 Å². The number of ketones is 1. The summed E-state index contributed by atoms with van der Waals surface area (Å²) >= 11 is 0. The Kier molecular flexibility index (Phi) is 7.04. The Hall–Kier alpha value is -5.05. The van der Waals surface area contributed by atoms with E-state index in [9.17, 15) is 27.2 Å². The lowest BCUT2D eigenvalue weighted by atomic mass is 9.90. The molecule has 0 saturated carbocycles. The monoisotopic (exact) mass is 543 g/mol. The standard InChI is InChI=1S/C31H21F4N3O2/c32-25-14-4-5-15-26(25)38(30(36)40)18-19-8-6-11-21(16-19)27-22-12-7-13-24(31(33,34)35)28(22)37-17-23(27)29(39)20-9-2-1-3-10-20/h1-17H,18H2,(H2,36,40). The average Bonchev–Trinajstić information content (AvgIpc) is 2.95. The molecule has 2 N–H and O–H groups in total. The van der Waals surface area contributed by atoms with Crippen molar-refractivity contribution in [3.8, 4) is 11.1 Å².